The zero-order chi connectivity index (χ0) is 21.3. The Morgan fingerprint density at radius 1 is 1.21 bits per heavy atom. The van der Waals surface area contributed by atoms with E-state index in [0.717, 1.165) is 5.56 Å². The molecule has 0 aliphatic rings. The van der Waals surface area contributed by atoms with E-state index in [9.17, 15) is 19.8 Å². The summed E-state index contributed by atoms with van der Waals surface area (Å²) in [5.74, 6) is -0.738. The van der Waals surface area contributed by atoms with Crippen LogP contribution < -0.4 is 10.6 Å². The summed E-state index contributed by atoms with van der Waals surface area (Å²) in [7, 11) is 0. The van der Waals surface area contributed by atoms with E-state index in [4.69, 9.17) is 4.74 Å². The van der Waals surface area contributed by atoms with Gasteiger partial charge in [-0.1, -0.05) is 64.1 Å². The first-order chi connectivity index (χ1) is 13.1. The number of nitrogens with one attached hydrogen (secondary N) is 2. The smallest absolute Gasteiger partial charge is 0.408 e. The Morgan fingerprint density at radius 2 is 1.82 bits per heavy atom. The van der Waals surface area contributed by atoms with Crippen LogP contribution in [0.5, 0.6) is 0 Å². The van der Waals surface area contributed by atoms with E-state index in [0.29, 0.717) is 0 Å². The van der Waals surface area contributed by atoms with Gasteiger partial charge in [-0.25, -0.2) is 4.79 Å². The number of rotatable bonds is 10. The number of benzene rings is 1. The van der Waals surface area contributed by atoms with Crippen LogP contribution >= 0.6 is 0 Å². The number of aliphatic hydroxyl groups excluding tert-OH is 2. The van der Waals surface area contributed by atoms with E-state index in [1.807, 2.05) is 30.3 Å². The number of hydrogen-bond donors (Lipinski definition) is 4. The van der Waals surface area contributed by atoms with Crippen LogP contribution in [0.3, 0.4) is 0 Å². The number of carbonyl (C=O) groups excluding carboxylic acids is 2. The standard InChI is InChI=1S/C21H32N2O5/c1-6-21(4,5)18(25)16(12-24)22-19(26)17(14(2)3)23-20(27)28-13-15-10-8-7-9-11-15/h6-11,14,16-18,24-25H,1,12-13H2,2-5H3,(H,22,26)(H,23,27)/t16-,17-,18-/m0/s1. The molecule has 0 fully saturated rings. The molecule has 1 rings (SSSR count). The minimum atomic E-state index is -1.04. The molecular weight excluding hydrogens is 360 g/mol. The van der Waals surface area contributed by atoms with Crippen molar-refractivity contribution in [3.8, 4) is 0 Å². The lowest BCUT2D eigenvalue weighted by atomic mass is 9.82. The van der Waals surface area contributed by atoms with Gasteiger partial charge in [-0.05, 0) is 11.5 Å². The zero-order valence-corrected chi connectivity index (χ0v) is 17.0. The Morgan fingerprint density at radius 3 is 2.32 bits per heavy atom. The molecule has 3 atom stereocenters. The lowest BCUT2D eigenvalue weighted by Crippen LogP contribution is -2.57. The lowest BCUT2D eigenvalue weighted by Gasteiger charge is -2.34. The van der Waals surface area contributed by atoms with E-state index in [1.54, 1.807) is 33.8 Å². The molecule has 1 aromatic rings. The molecule has 7 nitrogen and oxygen atoms in total. The normalized spacial score (nSPS) is 14.7. The number of hydrogen-bond acceptors (Lipinski definition) is 5. The fourth-order valence-corrected chi connectivity index (χ4v) is 2.56. The first kappa shape index (κ1) is 23.7. The van der Waals surface area contributed by atoms with Crippen LogP contribution in [0.4, 0.5) is 4.79 Å². The van der Waals surface area contributed by atoms with Crippen molar-refractivity contribution < 1.29 is 24.5 Å². The summed E-state index contributed by atoms with van der Waals surface area (Å²) in [6, 6.07) is 7.42. The molecular formula is C21H32N2O5. The second-order valence-electron chi connectivity index (χ2n) is 7.70. The highest BCUT2D eigenvalue weighted by molar-refractivity contribution is 5.86. The van der Waals surface area contributed by atoms with Crippen molar-refractivity contribution in [2.75, 3.05) is 6.61 Å². The summed E-state index contributed by atoms with van der Waals surface area (Å²) in [4.78, 5) is 24.8. The lowest BCUT2D eigenvalue weighted by molar-refractivity contribution is -0.126. The number of aliphatic hydroxyl groups is 2. The highest BCUT2D eigenvalue weighted by Gasteiger charge is 2.34. The molecule has 4 N–H and O–H groups in total. The van der Waals surface area contributed by atoms with E-state index >= 15 is 0 Å². The van der Waals surface area contributed by atoms with E-state index in [2.05, 4.69) is 17.2 Å². The summed E-state index contributed by atoms with van der Waals surface area (Å²) in [6.07, 6.45) is -0.201. The van der Waals surface area contributed by atoms with Crippen LogP contribution in [0.15, 0.2) is 43.0 Å². The van der Waals surface area contributed by atoms with Crippen molar-refractivity contribution in [2.45, 2.75) is 52.5 Å². The summed E-state index contributed by atoms with van der Waals surface area (Å²) < 4.78 is 5.17. The average Bonchev–Trinajstić information content (AvgIpc) is 2.68. The van der Waals surface area contributed by atoms with Crippen LogP contribution in [0.25, 0.3) is 0 Å². The van der Waals surface area contributed by atoms with E-state index < -0.39 is 42.2 Å². The predicted octanol–water partition coefficient (Wildman–Crippen LogP) is 1.99. The van der Waals surface area contributed by atoms with Crippen LogP contribution in [0.1, 0.15) is 33.3 Å². The number of amides is 2. The van der Waals surface area contributed by atoms with Crippen molar-refractivity contribution in [1.29, 1.82) is 0 Å². The van der Waals surface area contributed by atoms with Gasteiger partial charge in [0.1, 0.15) is 12.6 Å². The molecule has 0 aromatic heterocycles. The molecule has 7 heteroatoms. The van der Waals surface area contributed by atoms with Gasteiger partial charge >= 0.3 is 6.09 Å². The molecule has 2 amide bonds. The minimum Gasteiger partial charge on any atom is -0.445 e. The van der Waals surface area contributed by atoms with Gasteiger partial charge in [0.25, 0.3) is 0 Å². The fraction of sp³-hybridized carbons (Fsp3) is 0.524. The number of alkyl carbamates (subject to hydrolysis) is 1. The second-order valence-corrected chi connectivity index (χ2v) is 7.70. The van der Waals surface area contributed by atoms with E-state index in [-0.39, 0.29) is 12.5 Å². The first-order valence-electron chi connectivity index (χ1n) is 9.32. The molecule has 1 aromatic carbocycles. The van der Waals surface area contributed by atoms with Crippen LogP contribution in [0, 0.1) is 11.3 Å². The maximum atomic E-state index is 12.7. The van der Waals surface area contributed by atoms with Gasteiger partial charge in [-0.15, -0.1) is 6.58 Å². The molecule has 0 spiro atoms. The maximum Gasteiger partial charge on any atom is 0.408 e. The average molecular weight is 392 g/mol. The molecule has 0 bridgehead atoms. The van der Waals surface area contributed by atoms with Crippen molar-refractivity contribution >= 4 is 12.0 Å². The monoisotopic (exact) mass is 392 g/mol. The largest absolute Gasteiger partial charge is 0.445 e. The molecule has 0 aliphatic heterocycles. The summed E-state index contributed by atoms with van der Waals surface area (Å²) in [6.45, 7) is 10.4. The maximum absolute atomic E-state index is 12.7. The quantitative estimate of drug-likeness (QED) is 0.456. The Balaban J connectivity index is 2.71. The molecule has 0 saturated carbocycles. The topological polar surface area (TPSA) is 108 Å². The van der Waals surface area contributed by atoms with Gasteiger partial charge in [-0.3, -0.25) is 4.79 Å². The SMILES string of the molecule is C=CC(C)(C)[C@@H](O)[C@H](CO)NC(=O)[C@@H](NC(=O)OCc1ccccc1)C(C)C. The van der Waals surface area contributed by atoms with Crippen molar-refractivity contribution in [3.63, 3.8) is 0 Å². The third kappa shape index (κ3) is 6.98. The molecule has 0 heterocycles. The van der Waals surface area contributed by atoms with Crippen molar-refractivity contribution in [1.82, 2.24) is 10.6 Å². The Labute approximate surface area is 166 Å². The minimum absolute atomic E-state index is 0.0879. The van der Waals surface area contributed by atoms with Crippen LogP contribution in [-0.2, 0) is 16.1 Å². The van der Waals surface area contributed by atoms with Gasteiger partial charge in [-0.2, -0.15) is 0 Å². The van der Waals surface area contributed by atoms with Gasteiger partial charge in [0.05, 0.1) is 18.8 Å². The first-order valence-corrected chi connectivity index (χ1v) is 9.32. The van der Waals surface area contributed by atoms with Crippen molar-refractivity contribution in [2.24, 2.45) is 11.3 Å². The van der Waals surface area contributed by atoms with Crippen LogP contribution in [0.2, 0.25) is 0 Å². The molecule has 28 heavy (non-hydrogen) atoms. The number of carbonyl (C=O) groups is 2. The molecule has 0 saturated heterocycles. The Bertz CT molecular complexity index is 645. The number of ether oxygens (including phenoxy) is 1. The second kappa shape index (κ2) is 10.8. The molecule has 0 unspecified atom stereocenters. The van der Waals surface area contributed by atoms with Crippen LogP contribution in [-0.4, -0.2) is 47.0 Å². The van der Waals surface area contributed by atoms with Gasteiger partial charge in [0, 0.05) is 5.41 Å². The Hall–Kier alpha value is -2.38. The highest BCUT2D eigenvalue weighted by atomic mass is 16.5. The third-order valence-electron chi connectivity index (χ3n) is 4.63. The zero-order valence-electron chi connectivity index (χ0n) is 17.0. The van der Waals surface area contributed by atoms with Gasteiger partial charge in [0.2, 0.25) is 5.91 Å². The van der Waals surface area contributed by atoms with Gasteiger partial charge < -0.3 is 25.6 Å². The summed E-state index contributed by atoms with van der Waals surface area (Å²) >= 11 is 0. The van der Waals surface area contributed by atoms with E-state index in [1.165, 1.54) is 0 Å². The Kier molecular flexibility index (Phi) is 9.15. The predicted molar refractivity (Wildman–Crippen MR) is 107 cm³/mol. The molecule has 156 valence electrons. The van der Waals surface area contributed by atoms with Crippen molar-refractivity contribution in [3.05, 3.63) is 48.6 Å². The summed E-state index contributed by atoms with van der Waals surface area (Å²) in [5, 5.41) is 25.2. The fourth-order valence-electron chi connectivity index (χ4n) is 2.56. The highest BCUT2D eigenvalue weighted by Crippen LogP contribution is 2.24. The van der Waals surface area contributed by atoms with Gasteiger partial charge in [0.15, 0.2) is 0 Å². The molecule has 0 radical (unpaired) electrons. The third-order valence-corrected chi connectivity index (χ3v) is 4.63. The summed E-state index contributed by atoms with van der Waals surface area (Å²) in [5.41, 5.74) is 0.120. The molecule has 0 aliphatic carbocycles.